The highest BCUT2D eigenvalue weighted by molar-refractivity contribution is 5.70. The topological polar surface area (TPSA) is 26.3 Å². The van der Waals surface area contributed by atoms with Crippen LogP contribution in [0.15, 0.2) is 0 Å². The summed E-state index contributed by atoms with van der Waals surface area (Å²) in [7, 11) is 0. The molecule has 0 amide bonds. The van der Waals surface area contributed by atoms with Gasteiger partial charge >= 0.3 is 5.97 Å². The summed E-state index contributed by atoms with van der Waals surface area (Å²) in [5.41, 5.74) is 0.0964. The standard InChI is InChI=1S/C10H18O2/c1-10(2,3)7-12-9(11)6-8-4-5-8/h8H,4-7H2,1-3H3. The zero-order chi connectivity index (χ0) is 9.19. The van der Waals surface area contributed by atoms with Crippen molar-refractivity contribution in [3.8, 4) is 0 Å². The molecule has 0 aromatic carbocycles. The fraction of sp³-hybridized carbons (Fsp3) is 0.900. The maximum absolute atomic E-state index is 11.1. The lowest BCUT2D eigenvalue weighted by molar-refractivity contribution is -0.146. The molecule has 1 saturated carbocycles. The molecule has 12 heavy (non-hydrogen) atoms. The van der Waals surface area contributed by atoms with Crippen molar-refractivity contribution >= 4 is 5.97 Å². The summed E-state index contributed by atoms with van der Waals surface area (Å²) in [6.45, 7) is 6.74. The largest absolute Gasteiger partial charge is 0.465 e. The first-order valence-corrected chi connectivity index (χ1v) is 4.63. The van der Waals surface area contributed by atoms with Crippen molar-refractivity contribution in [2.24, 2.45) is 11.3 Å². The Labute approximate surface area is 74.3 Å². The number of hydrogen-bond donors (Lipinski definition) is 0. The Balaban J connectivity index is 2.09. The van der Waals surface area contributed by atoms with E-state index in [1.807, 2.05) is 0 Å². The molecule has 1 aliphatic carbocycles. The van der Waals surface area contributed by atoms with Gasteiger partial charge in [-0.15, -0.1) is 0 Å². The number of carbonyl (C=O) groups is 1. The minimum atomic E-state index is -0.0209. The molecule has 2 nitrogen and oxygen atoms in total. The molecule has 0 saturated heterocycles. The van der Waals surface area contributed by atoms with Gasteiger partial charge in [0.15, 0.2) is 0 Å². The van der Waals surface area contributed by atoms with Crippen molar-refractivity contribution in [2.45, 2.75) is 40.0 Å². The molecule has 0 spiro atoms. The molecule has 1 aliphatic rings. The summed E-state index contributed by atoms with van der Waals surface area (Å²) in [4.78, 5) is 11.1. The van der Waals surface area contributed by atoms with Crippen LogP contribution in [0.2, 0.25) is 0 Å². The Kier molecular flexibility index (Phi) is 2.76. The average molecular weight is 170 g/mol. The van der Waals surface area contributed by atoms with Gasteiger partial charge in [-0.25, -0.2) is 0 Å². The molecule has 0 radical (unpaired) electrons. The highest BCUT2D eigenvalue weighted by Gasteiger charge is 2.25. The minimum Gasteiger partial charge on any atom is -0.465 e. The number of esters is 1. The Morgan fingerprint density at radius 2 is 2.00 bits per heavy atom. The van der Waals surface area contributed by atoms with E-state index in [1.165, 1.54) is 12.8 Å². The van der Waals surface area contributed by atoms with E-state index >= 15 is 0 Å². The fourth-order valence-corrected chi connectivity index (χ4v) is 0.914. The van der Waals surface area contributed by atoms with Crippen LogP contribution >= 0.6 is 0 Å². The monoisotopic (exact) mass is 170 g/mol. The molecule has 0 N–H and O–H groups in total. The smallest absolute Gasteiger partial charge is 0.306 e. The van der Waals surface area contributed by atoms with E-state index in [9.17, 15) is 4.79 Å². The summed E-state index contributed by atoms with van der Waals surface area (Å²) >= 11 is 0. The third kappa shape index (κ3) is 4.37. The molecule has 1 rings (SSSR count). The molecule has 0 heterocycles. The first-order chi connectivity index (χ1) is 5.47. The first kappa shape index (κ1) is 9.56. The fourth-order valence-electron chi connectivity index (χ4n) is 0.914. The maximum atomic E-state index is 11.1. The second kappa shape index (κ2) is 3.46. The van der Waals surface area contributed by atoms with Crippen LogP contribution in [-0.4, -0.2) is 12.6 Å². The van der Waals surface area contributed by atoms with Crippen molar-refractivity contribution in [3.05, 3.63) is 0 Å². The molecule has 1 fully saturated rings. The van der Waals surface area contributed by atoms with Gasteiger partial charge in [-0.3, -0.25) is 4.79 Å². The van der Waals surface area contributed by atoms with E-state index < -0.39 is 0 Å². The van der Waals surface area contributed by atoms with Crippen LogP contribution < -0.4 is 0 Å². The molecule has 0 aromatic heterocycles. The molecular weight excluding hydrogens is 152 g/mol. The van der Waals surface area contributed by atoms with Crippen molar-refractivity contribution in [3.63, 3.8) is 0 Å². The molecular formula is C10H18O2. The second-order valence-corrected chi connectivity index (χ2v) is 4.87. The van der Waals surface area contributed by atoms with Gasteiger partial charge in [0.1, 0.15) is 0 Å². The van der Waals surface area contributed by atoms with Gasteiger partial charge in [0.25, 0.3) is 0 Å². The van der Waals surface area contributed by atoms with Crippen LogP contribution in [0.1, 0.15) is 40.0 Å². The van der Waals surface area contributed by atoms with Crippen LogP contribution in [0.25, 0.3) is 0 Å². The summed E-state index contributed by atoms with van der Waals surface area (Å²) in [6, 6.07) is 0. The Morgan fingerprint density at radius 1 is 1.42 bits per heavy atom. The van der Waals surface area contributed by atoms with Gasteiger partial charge in [0, 0.05) is 6.42 Å². The lowest BCUT2D eigenvalue weighted by atomic mass is 9.99. The lowest BCUT2D eigenvalue weighted by Gasteiger charge is -2.17. The second-order valence-electron chi connectivity index (χ2n) is 4.87. The number of rotatable bonds is 3. The lowest BCUT2D eigenvalue weighted by Crippen LogP contribution is -2.18. The zero-order valence-corrected chi connectivity index (χ0v) is 8.22. The molecule has 0 unspecified atom stereocenters. The third-order valence-corrected chi connectivity index (χ3v) is 1.82. The highest BCUT2D eigenvalue weighted by atomic mass is 16.5. The molecule has 0 atom stereocenters. The number of ether oxygens (including phenoxy) is 1. The number of carbonyl (C=O) groups excluding carboxylic acids is 1. The van der Waals surface area contributed by atoms with Gasteiger partial charge < -0.3 is 4.74 Å². The molecule has 2 heteroatoms. The molecule has 0 aliphatic heterocycles. The normalized spacial score (nSPS) is 17.6. The average Bonchev–Trinajstić information content (AvgIpc) is 2.66. The van der Waals surface area contributed by atoms with E-state index in [2.05, 4.69) is 20.8 Å². The maximum Gasteiger partial charge on any atom is 0.306 e. The summed E-state index contributed by atoms with van der Waals surface area (Å²) in [6.07, 6.45) is 3.06. The zero-order valence-electron chi connectivity index (χ0n) is 8.22. The van der Waals surface area contributed by atoms with Crippen molar-refractivity contribution < 1.29 is 9.53 Å². The van der Waals surface area contributed by atoms with Crippen LogP contribution in [0, 0.1) is 11.3 Å². The van der Waals surface area contributed by atoms with E-state index in [0.29, 0.717) is 18.9 Å². The van der Waals surface area contributed by atoms with E-state index in [-0.39, 0.29) is 11.4 Å². The predicted octanol–water partition coefficient (Wildman–Crippen LogP) is 2.38. The van der Waals surface area contributed by atoms with Crippen molar-refractivity contribution in [1.82, 2.24) is 0 Å². The van der Waals surface area contributed by atoms with Gasteiger partial charge in [-0.2, -0.15) is 0 Å². The van der Waals surface area contributed by atoms with E-state index in [4.69, 9.17) is 4.74 Å². The first-order valence-electron chi connectivity index (χ1n) is 4.63. The van der Waals surface area contributed by atoms with Crippen LogP contribution in [0.4, 0.5) is 0 Å². The predicted molar refractivity (Wildman–Crippen MR) is 47.8 cm³/mol. The summed E-state index contributed by atoms with van der Waals surface area (Å²) in [5, 5.41) is 0. The van der Waals surface area contributed by atoms with Crippen molar-refractivity contribution in [2.75, 3.05) is 6.61 Å². The SMILES string of the molecule is CC(C)(C)COC(=O)CC1CC1. The highest BCUT2D eigenvalue weighted by Crippen LogP contribution is 2.32. The summed E-state index contributed by atoms with van der Waals surface area (Å²) < 4.78 is 5.12. The Hall–Kier alpha value is -0.530. The van der Waals surface area contributed by atoms with E-state index in [1.54, 1.807) is 0 Å². The summed E-state index contributed by atoms with van der Waals surface area (Å²) in [5.74, 6) is 0.616. The molecule has 0 bridgehead atoms. The Bertz CT molecular complexity index is 163. The molecule has 70 valence electrons. The van der Waals surface area contributed by atoms with Crippen molar-refractivity contribution in [1.29, 1.82) is 0 Å². The van der Waals surface area contributed by atoms with Gasteiger partial charge in [0.05, 0.1) is 6.61 Å². The quantitative estimate of drug-likeness (QED) is 0.608. The van der Waals surface area contributed by atoms with Gasteiger partial charge in [-0.1, -0.05) is 20.8 Å². The Morgan fingerprint density at radius 3 is 2.42 bits per heavy atom. The van der Waals surface area contributed by atoms with Gasteiger partial charge in [0.2, 0.25) is 0 Å². The van der Waals surface area contributed by atoms with Crippen LogP contribution in [-0.2, 0) is 9.53 Å². The van der Waals surface area contributed by atoms with Crippen LogP contribution in [0.3, 0.4) is 0 Å². The van der Waals surface area contributed by atoms with Gasteiger partial charge in [-0.05, 0) is 24.2 Å². The molecule has 0 aromatic rings. The van der Waals surface area contributed by atoms with Crippen LogP contribution in [0.5, 0.6) is 0 Å². The third-order valence-electron chi connectivity index (χ3n) is 1.82. The van der Waals surface area contributed by atoms with E-state index in [0.717, 1.165) is 0 Å². The number of hydrogen-bond acceptors (Lipinski definition) is 2. The minimum absolute atomic E-state index is 0.0209.